The van der Waals surface area contributed by atoms with Gasteiger partial charge in [-0.25, -0.2) is 9.37 Å². The summed E-state index contributed by atoms with van der Waals surface area (Å²) in [4.78, 5) is 20.8. The first-order chi connectivity index (χ1) is 13.6. The average Bonchev–Trinajstić information content (AvgIpc) is 3.32. The van der Waals surface area contributed by atoms with Crippen molar-refractivity contribution in [1.82, 2.24) is 19.9 Å². The van der Waals surface area contributed by atoms with E-state index in [-0.39, 0.29) is 11.4 Å². The van der Waals surface area contributed by atoms with E-state index in [0.717, 1.165) is 3.57 Å². The second-order valence-corrected chi connectivity index (χ2v) is 7.23. The number of pyridine rings is 1. The number of amides is 1. The van der Waals surface area contributed by atoms with Crippen LogP contribution in [-0.2, 0) is 6.54 Å². The van der Waals surface area contributed by atoms with Crippen molar-refractivity contribution >= 4 is 50.8 Å². The Kier molecular flexibility index (Phi) is 5.24. The third-order valence-electron chi connectivity index (χ3n) is 4.10. The fourth-order valence-electron chi connectivity index (χ4n) is 2.75. The van der Waals surface area contributed by atoms with Crippen molar-refractivity contribution in [2.75, 3.05) is 11.9 Å². The number of fused-ring (bicyclic) bond motifs is 1. The number of aromatic nitrogens is 3. The van der Waals surface area contributed by atoms with Gasteiger partial charge < -0.3 is 19.6 Å². The maximum Gasteiger partial charge on any atom is 0.289 e. The van der Waals surface area contributed by atoms with Crippen LogP contribution < -0.4 is 10.6 Å². The van der Waals surface area contributed by atoms with Crippen LogP contribution >= 0.6 is 22.6 Å². The Balaban J connectivity index is 1.61. The Hall–Kier alpha value is -2.95. The number of furan rings is 1. The molecule has 0 atom stereocenters. The first-order valence-electron chi connectivity index (χ1n) is 8.44. The maximum atomic E-state index is 14.3. The van der Waals surface area contributed by atoms with Gasteiger partial charge in [0, 0.05) is 41.4 Å². The summed E-state index contributed by atoms with van der Waals surface area (Å²) in [5, 5.41) is 6.40. The second kappa shape index (κ2) is 7.97. The van der Waals surface area contributed by atoms with Gasteiger partial charge >= 0.3 is 0 Å². The lowest BCUT2D eigenvalue weighted by Gasteiger charge is -2.09. The van der Waals surface area contributed by atoms with E-state index in [4.69, 9.17) is 4.42 Å². The third kappa shape index (κ3) is 3.84. The van der Waals surface area contributed by atoms with Crippen molar-refractivity contribution in [3.05, 3.63) is 70.5 Å². The van der Waals surface area contributed by atoms with Gasteiger partial charge in [0.15, 0.2) is 0 Å². The van der Waals surface area contributed by atoms with Gasteiger partial charge in [-0.2, -0.15) is 0 Å². The molecule has 3 aromatic heterocycles. The number of rotatable bonds is 6. The summed E-state index contributed by atoms with van der Waals surface area (Å²) < 4.78 is 22.7. The van der Waals surface area contributed by atoms with Crippen molar-refractivity contribution in [3.63, 3.8) is 0 Å². The number of carbonyl (C=O) groups is 1. The molecule has 0 saturated heterocycles. The van der Waals surface area contributed by atoms with E-state index in [1.165, 1.54) is 6.07 Å². The molecule has 0 aliphatic rings. The van der Waals surface area contributed by atoms with Crippen molar-refractivity contribution in [1.29, 1.82) is 0 Å². The monoisotopic (exact) mass is 491 g/mol. The van der Waals surface area contributed by atoms with Crippen molar-refractivity contribution < 1.29 is 13.6 Å². The highest BCUT2D eigenvalue weighted by atomic mass is 127. The molecule has 3 heterocycles. The number of halogens is 2. The summed E-state index contributed by atoms with van der Waals surface area (Å²) in [7, 11) is 0. The molecule has 0 bridgehead atoms. The van der Waals surface area contributed by atoms with Gasteiger partial charge in [-0.1, -0.05) is 0 Å². The lowest BCUT2D eigenvalue weighted by Crippen LogP contribution is -2.27. The molecule has 28 heavy (non-hydrogen) atoms. The third-order valence-corrected chi connectivity index (χ3v) is 4.77. The normalized spacial score (nSPS) is 10.9. The predicted octanol–water partition coefficient (Wildman–Crippen LogP) is 3.94. The van der Waals surface area contributed by atoms with Crippen LogP contribution in [0.4, 0.5) is 15.8 Å². The predicted molar refractivity (Wildman–Crippen MR) is 111 cm³/mol. The van der Waals surface area contributed by atoms with E-state index >= 15 is 0 Å². The zero-order chi connectivity index (χ0) is 19.5. The molecule has 0 saturated carbocycles. The number of imidazole rings is 1. The van der Waals surface area contributed by atoms with Crippen LogP contribution in [0.1, 0.15) is 10.6 Å². The Labute approximate surface area is 173 Å². The quantitative estimate of drug-likeness (QED) is 0.400. The number of hydrogen-bond acceptors (Lipinski definition) is 5. The molecule has 4 aromatic rings. The summed E-state index contributed by atoms with van der Waals surface area (Å²) in [5.41, 5.74) is 1.12. The average molecular weight is 491 g/mol. The Morgan fingerprint density at radius 2 is 2.14 bits per heavy atom. The molecule has 0 radical (unpaired) electrons. The topological polar surface area (TPSA) is 85.0 Å². The maximum absolute atomic E-state index is 14.3. The summed E-state index contributed by atoms with van der Waals surface area (Å²) in [5.74, 6) is -0.743. The number of anilines is 2. The molecule has 9 heteroatoms. The van der Waals surface area contributed by atoms with Crippen LogP contribution in [0.25, 0.3) is 11.0 Å². The highest BCUT2D eigenvalue weighted by molar-refractivity contribution is 14.1. The lowest BCUT2D eigenvalue weighted by molar-refractivity contribution is 0.0928. The summed E-state index contributed by atoms with van der Waals surface area (Å²) in [6.45, 7) is 0.962. The molecule has 0 aliphatic carbocycles. The molecule has 1 amide bonds. The molecule has 0 spiro atoms. The molecule has 7 nitrogen and oxygen atoms in total. The number of nitrogens with one attached hydrogen (secondary N) is 2. The van der Waals surface area contributed by atoms with Crippen molar-refractivity contribution in [3.8, 4) is 0 Å². The minimum Gasteiger partial charge on any atom is -0.448 e. The molecule has 0 aliphatic heterocycles. The zero-order valence-corrected chi connectivity index (χ0v) is 16.7. The number of hydrogen-bond donors (Lipinski definition) is 2. The first kappa shape index (κ1) is 18.4. The van der Waals surface area contributed by atoms with Gasteiger partial charge in [-0.15, -0.1) is 0 Å². The molecule has 2 N–H and O–H groups in total. The van der Waals surface area contributed by atoms with Gasteiger partial charge in [0.1, 0.15) is 17.1 Å². The fraction of sp³-hybridized carbons (Fsp3) is 0.105. The van der Waals surface area contributed by atoms with Crippen molar-refractivity contribution in [2.24, 2.45) is 0 Å². The number of benzene rings is 1. The van der Waals surface area contributed by atoms with Gasteiger partial charge in [0.2, 0.25) is 5.76 Å². The van der Waals surface area contributed by atoms with Crippen LogP contribution in [0.15, 0.2) is 59.8 Å². The highest BCUT2D eigenvalue weighted by Crippen LogP contribution is 2.33. The number of carbonyl (C=O) groups excluding carboxylic acids is 1. The van der Waals surface area contributed by atoms with E-state index in [2.05, 4.69) is 20.6 Å². The lowest BCUT2D eigenvalue weighted by atomic mass is 10.2. The van der Waals surface area contributed by atoms with Gasteiger partial charge in [0.05, 0.1) is 17.4 Å². The van der Waals surface area contributed by atoms with E-state index < -0.39 is 11.7 Å². The second-order valence-electron chi connectivity index (χ2n) is 5.98. The van der Waals surface area contributed by atoms with Crippen LogP contribution in [0.5, 0.6) is 0 Å². The van der Waals surface area contributed by atoms with Crippen molar-refractivity contribution in [2.45, 2.75) is 6.54 Å². The SMILES string of the molecule is O=C(NCCn1ccnc1)c1oc2ccncc2c1Nc1ccc(I)cc1F. The zero-order valence-electron chi connectivity index (χ0n) is 14.5. The molecule has 142 valence electrons. The van der Waals surface area contributed by atoms with Crippen LogP contribution in [0.3, 0.4) is 0 Å². The van der Waals surface area contributed by atoms with E-state index in [0.29, 0.717) is 29.7 Å². The van der Waals surface area contributed by atoms with Crippen LogP contribution in [-0.4, -0.2) is 27.0 Å². The minimum atomic E-state index is -0.420. The van der Waals surface area contributed by atoms with E-state index in [9.17, 15) is 9.18 Å². The molecular formula is C19H15FIN5O2. The molecule has 0 fully saturated rings. The Bertz CT molecular complexity index is 1130. The number of nitrogens with zero attached hydrogens (tertiary/aromatic N) is 3. The summed E-state index contributed by atoms with van der Waals surface area (Å²) in [6.07, 6.45) is 8.30. The molecule has 4 rings (SSSR count). The summed E-state index contributed by atoms with van der Waals surface area (Å²) >= 11 is 2.04. The highest BCUT2D eigenvalue weighted by Gasteiger charge is 2.21. The molecule has 0 unspecified atom stereocenters. The van der Waals surface area contributed by atoms with E-state index in [1.807, 2.05) is 33.4 Å². The standard InChI is InChI=1S/C19H15FIN5O2/c20-14-9-12(21)1-2-15(14)25-17-13-10-22-4-3-16(13)28-18(17)19(27)24-6-8-26-7-5-23-11-26/h1-5,7,9-11,25H,6,8H2,(H,24,27). The Morgan fingerprint density at radius 1 is 1.25 bits per heavy atom. The largest absolute Gasteiger partial charge is 0.448 e. The molecule has 1 aromatic carbocycles. The van der Waals surface area contributed by atoms with E-state index in [1.54, 1.807) is 43.1 Å². The smallest absolute Gasteiger partial charge is 0.289 e. The Morgan fingerprint density at radius 3 is 2.93 bits per heavy atom. The molecular weight excluding hydrogens is 476 g/mol. The first-order valence-corrected chi connectivity index (χ1v) is 9.52. The van der Waals surface area contributed by atoms with Crippen LogP contribution in [0.2, 0.25) is 0 Å². The minimum absolute atomic E-state index is 0.0755. The summed E-state index contributed by atoms with van der Waals surface area (Å²) in [6, 6.07) is 6.46. The van der Waals surface area contributed by atoms with Gasteiger partial charge in [0.25, 0.3) is 5.91 Å². The van der Waals surface area contributed by atoms with Gasteiger partial charge in [-0.05, 0) is 46.9 Å². The van der Waals surface area contributed by atoms with Crippen LogP contribution in [0, 0.1) is 9.39 Å². The van der Waals surface area contributed by atoms with Gasteiger partial charge in [-0.3, -0.25) is 9.78 Å². The fourth-order valence-corrected chi connectivity index (χ4v) is 3.20.